The van der Waals surface area contributed by atoms with Crippen LogP contribution in [-0.2, 0) is 4.79 Å². The highest BCUT2D eigenvalue weighted by Crippen LogP contribution is 2.33. The molecule has 2 aromatic carbocycles. The zero-order chi connectivity index (χ0) is 27.4. The maximum atomic E-state index is 13.0. The van der Waals surface area contributed by atoms with Crippen LogP contribution in [0.25, 0.3) is 11.1 Å². The van der Waals surface area contributed by atoms with E-state index < -0.39 is 0 Å². The molecule has 6 nitrogen and oxygen atoms in total. The highest BCUT2D eigenvalue weighted by molar-refractivity contribution is 7.99. The van der Waals surface area contributed by atoms with Gasteiger partial charge in [-0.25, -0.2) is 4.98 Å². The molecule has 1 amide bonds. The predicted octanol–water partition coefficient (Wildman–Crippen LogP) is 6.85. The van der Waals surface area contributed by atoms with Gasteiger partial charge in [-0.1, -0.05) is 83.6 Å². The average Bonchev–Trinajstić information content (AvgIpc) is 3.29. The van der Waals surface area contributed by atoms with Crippen LogP contribution in [-0.4, -0.2) is 65.7 Å². The largest absolute Gasteiger partial charge is 0.431 e. The minimum absolute atomic E-state index is 0.0797. The van der Waals surface area contributed by atoms with Gasteiger partial charge in [0, 0.05) is 44.2 Å². The fourth-order valence-corrected chi connectivity index (χ4v) is 5.98. The lowest BCUT2D eigenvalue weighted by Gasteiger charge is -2.34. The highest BCUT2D eigenvalue weighted by atomic mass is 32.2. The summed E-state index contributed by atoms with van der Waals surface area (Å²) in [5, 5.41) is 4.02. The van der Waals surface area contributed by atoms with Crippen molar-refractivity contribution in [1.82, 2.24) is 14.8 Å². The van der Waals surface area contributed by atoms with Gasteiger partial charge in [-0.05, 0) is 46.9 Å². The Morgan fingerprint density at radius 1 is 0.921 bits per heavy atom. The van der Waals surface area contributed by atoms with Crippen LogP contribution in [0.15, 0.2) is 40.0 Å². The maximum absolute atomic E-state index is 13.0. The number of anilines is 1. The minimum Gasteiger partial charge on any atom is -0.431 e. The molecule has 1 fully saturated rings. The number of piperazine rings is 1. The third-order valence-electron chi connectivity index (χ3n) is 7.48. The number of benzene rings is 2. The predicted molar refractivity (Wildman–Crippen MR) is 160 cm³/mol. The third-order valence-corrected chi connectivity index (χ3v) is 8.29. The fourth-order valence-electron chi connectivity index (χ4n) is 5.16. The molecule has 38 heavy (non-hydrogen) atoms. The first-order chi connectivity index (χ1) is 18.1. The molecule has 2 heterocycles. The number of para-hydroxylation sites is 1. The molecule has 0 bridgehead atoms. The number of oxazole rings is 1. The summed E-state index contributed by atoms with van der Waals surface area (Å²) in [5.74, 6) is 2.15. The summed E-state index contributed by atoms with van der Waals surface area (Å²) < 4.78 is 6.17. The molecule has 4 rings (SSSR count). The number of carbonyl (C=O) groups excluding carboxylic acids is 1. The molecular formula is C31H44N4O2S. The lowest BCUT2D eigenvalue weighted by atomic mass is 9.92. The molecule has 1 aliphatic heterocycles. The van der Waals surface area contributed by atoms with Gasteiger partial charge in [-0.2, -0.15) is 0 Å². The molecule has 0 atom stereocenters. The molecular weight excluding hydrogens is 492 g/mol. The second-order valence-electron chi connectivity index (χ2n) is 11.4. The van der Waals surface area contributed by atoms with E-state index in [-0.39, 0.29) is 5.91 Å². The van der Waals surface area contributed by atoms with Gasteiger partial charge in [0.1, 0.15) is 5.52 Å². The summed E-state index contributed by atoms with van der Waals surface area (Å²) in [6, 6.07) is 10.7. The summed E-state index contributed by atoms with van der Waals surface area (Å²) in [5.41, 5.74) is 7.73. The molecule has 1 saturated heterocycles. The van der Waals surface area contributed by atoms with E-state index in [9.17, 15) is 4.79 Å². The Bertz CT molecular complexity index is 1220. The van der Waals surface area contributed by atoms with Crippen molar-refractivity contribution < 1.29 is 9.21 Å². The van der Waals surface area contributed by atoms with Crippen LogP contribution in [0.2, 0.25) is 0 Å². The van der Waals surface area contributed by atoms with Crippen LogP contribution >= 0.6 is 11.8 Å². The Hall–Kier alpha value is -2.35. The first-order valence-electron chi connectivity index (χ1n) is 14.0. The van der Waals surface area contributed by atoms with E-state index in [1.165, 1.54) is 16.7 Å². The molecule has 1 aromatic heterocycles. The Balaban J connectivity index is 1.25. The lowest BCUT2D eigenvalue weighted by molar-refractivity contribution is -0.117. The number of thioether (sulfide) groups is 1. The number of amides is 1. The summed E-state index contributed by atoms with van der Waals surface area (Å²) in [7, 11) is 0. The topological polar surface area (TPSA) is 61.6 Å². The van der Waals surface area contributed by atoms with Gasteiger partial charge in [0.25, 0.3) is 5.22 Å². The second kappa shape index (κ2) is 12.7. The van der Waals surface area contributed by atoms with Gasteiger partial charge in [0.15, 0.2) is 5.58 Å². The zero-order valence-electron chi connectivity index (χ0n) is 24.1. The van der Waals surface area contributed by atoms with Crippen LogP contribution in [0.4, 0.5) is 5.69 Å². The van der Waals surface area contributed by atoms with Crippen molar-refractivity contribution in [1.29, 1.82) is 0 Å². The molecule has 0 saturated carbocycles. The zero-order valence-corrected chi connectivity index (χ0v) is 25.0. The quantitative estimate of drug-likeness (QED) is 0.286. The monoisotopic (exact) mass is 536 g/mol. The molecule has 1 N–H and O–H groups in total. The van der Waals surface area contributed by atoms with Crippen LogP contribution in [0, 0.1) is 6.92 Å². The second-order valence-corrected chi connectivity index (χ2v) is 12.5. The Kier molecular flexibility index (Phi) is 9.55. The Morgan fingerprint density at radius 2 is 1.53 bits per heavy atom. The van der Waals surface area contributed by atoms with Gasteiger partial charge < -0.3 is 9.73 Å². The fraction of sp³-hybridized carbons (Fsp3) is 0.548. The van der Waals surface area contributed by atoms with Crippen molar-refractivity contribution >= 4 is 34.5 Å². The van der Waals surface area contributed by atoms with Crippen molar-refractivity contribution in [3.8, 4) is 0 Å². The molecule has 3 aromatic rings. The van der Waals surface area contributed by atoms with Crippen LogP contribution in [0.3, 0.4) is 0 Å². The summed E-state index contributed by atoms with van der Waals surface area (Å²) in [6.07, 6.45) is 0. The van der Waals surface area contributed by atoms with E-state index in [0.717, 1.165) is 66.0 Å². The van der Waals surface area contributed by atoms with Gasteiger partial charge in [0.2, 0.25) is 5.91 Å². The lowest BCUT2D eigenvalue weighted by Crippen LogP contribution is -2.49. The molecule has 7 heteroatoms. The van der Waals surface area contributed by atoms with Gasteiger partial charge >= 0.3 is 0 Å². The summed E-state index contributed by atoms with van der Waals surface area (Å²) in [4.78, 5) is 22.5. The molecule has 206 valence electrons. The molecule has 0 unspecified atom stereocenters. The van der Waals surface area contributed by atoms with E-state index in [0.29, 0.717) is 24.3 Å². The Labute approximate surface area is 232 Å². The van der Waals surface area contributed by atoms with Crippen molar-refractivity contribution in [2.24, 2.45) is 0 Å². The number of aromatic nitrogens is 1. The molecule has 1 aliphatic rings. The first-order valence-corrected chi connectivity index (χ1v) is 15.0. The summed E-state index contributed by atoms with van der Waals surface area (Å²) >= 11 is 1.69. The normalized spacial score (nSPS) is 15.3. The molecule has 0 spiro atoms. The van der Waals surface area contributed by atoms with Crippen LogP contribution in [0.5, 0.6) is 0 Å². The number of hydrogen-bond acceptors (Lipinski definition) is 6. The van der Waals surface area contributed by atoms with Gasteiger partial charge in [0.05, 0.1) is 6.54 Å². The number of fused-ring (bicyclic) bond motifs is 1. The number of nitrogens with zero attached hydrogens (tertiary/aromatic N) is 3. The Morgan fingerprint density at radius 3 is 2.13 bits per heavy atom. The highest BCUT2D eigenvalue weighted by Gasteiger charge is 2.22. The van der Waals surface area contributed by atoms with Crippen molar-refractivity contribution in [3.63, 3.8) is 0 Å². The first kappa shape index (κ1) is 28.7. The minimum atomic E-state index is 0.0797. The SMILES string of the molecule is Cc1ccc(C(C)C)c2oc(SCCN3CCN(CC(=O)Nc4c(C(C)C)cccc4C(C)C)CC3)nc12. The van der Waals surface area contributed by atoms with Gasteiger partial charge in [-0.3, -0.25) is 14.6 Å². The number of aryl methyl sites for hydroxylation is 1. The van der Waals surface area contributed by atoms with Crippen molar-refractivity contribution in [3.05, 3.63) is 52.6 Å². The van der Waals surface area contributed by atoms with Crippen LogP contribution < -0.4 is 5.32 Å². The van der Waals surface area contributed by atoms with E-state index >= 15 is 0 Å². The maximum Gasteiger partial charge on any atom is 0.256 e. The smallest absolute Gasteiger partial charge is 0.256 e. The van der Waals surface area contributed by atoms with Crippen molar-refractivity contribution in [2.45, 2.75) is 71.4 Å². The molecule has 0 radical (unpaired) electrons. The molecule has 0 aliphatic carbocycles. The number of hydrogen-bond donors (Lipinski definition) is 1. The van der Waals surface area contributed by atoms with E-state index in [2.05, 4.69) is 93.9 Å². The standard InChI is InChI=1S/C31H44N4O2S/c1-20(2)24-9-8-10-25(21(3)4)29(24)32-27(36)19-35-15-13-34(14-16-35)17-18-38-31-33-28-23(7)11-12-26(22(5)6)30(28)37-31/h8-12,20-22H,13-19H2,1-7H3,(H,32,36). The summed E-state index contributed by atoms with van der Waals surface area (Å²) in [6.45, 7) is 20.4. The van der Waals surface area contributed by atoms with Gasteiger partial charge in [-0.15, -0.1) is 0 Å². The number of rotatable bonds is 10. The van der Waals surface area contributed by atoms with E-state index in [1.54, 1.807) is 11.8 Å². The number of carbonyl (C=O) groups is 1. The van der Waals surface area contributed by atoms with E-state index in [4.69, 9.17) is 9.40 Å². The third kappa shape index (κ3) is 6.80. The van der Waals surface area contributed by atoms with Crippen molar-refractivity contribution in [2.75, 3.05) is 50.3 Å². The average molecular weight is 537 g/mol. The van der Waals surface area contributed by atoms with E-state index in [1.807, 2.05) is 0 Å². The van der Waals surface area contributed by atoms with Crippen LogP contribution in [0.1, 0.15) is 81.5 Å². The number of nitrogens with one attached hydrogen (secondary N) is 1.